The van der Waals surface area contributed by atoms with Crippen molar-refractivity contribution >= 4 is 11.9 Å². The molecule has 36 heavy (non-hydrogen) atoms. The van der Waals surface area contributed by atoms with Gasteiger partial charge in [-0.3, -0.25) is 9.59 Å². The molecule has 0 saturated heterocycles. The lowest BCUT2D eigenvalue weighted by atomic mass is 9.50. The summed E-state index contributed by atoms with van der Waals surface area (Å²) >= 11 is 0. The maximum absolute atomic E-state index is 12.3. The third-order valence-corrected chi connectivity index (χ3v) is 10.7. The number of hydrogen-bond donors (Lipinski definition) is 0. The summed E-state index contributed by atoms with van der Waals surface area (Å²) in [7, 11) is 0. The zero-order valence-electron chi connectivity index (χ0n) is 23.9. The van der Waals surface area contributed by atoms with Gasteiger partial charge in [0.15, 0.2) is 0 Å². The molecular formula is C32H48O4. The van der Waals surface area contributed by atoms with Crippen molar-refractivity contribution in [3.8, 4) is 0 Å². The zero-order valence-corrected chi connectivity index (χ0v) is 23.9. The minimum Gasteiger partial charge on any atom is -0.462 e. The Labute approximate surface area is 219 Å². The predicted molar refractivity (Wildman–Crippen MR) is 144 cm³/mol. The number of rotatable bonds is 6. The van der Waals surface area contributed by atoms with Gasteiger partial charge in [-0.2, -0.15) is 0 Å². The van der Waals surface area contributed by atoms with E-state index in [2.05, 4.69) is 65.8 Å². The molecule has 0 spiro atoms. The van der Waals surface area contributed by atoms with Gasteiger partial charge >= 0.3 is 11.9 Å². The average Bonchev–Trinajstić information content (AvgIpc) is 3.14. The molecule has 0 radical (unpaired) electrons. The van der Waals surface area contributed by atoms with Crippen LogP contribution in [0, 0.1) is 40.4 Å². The Bertz CT molecular complexity index is 973. The molecule has 0 aromatic heterocycles. The predicted octanol–water partition coefficient (Wildman–Crippen LogP) is 7.59. The van der Waals surface area contributed by atoms with E-state index in [1.807, 2.05) is 0 Å². The molecule has 8 atom stereocenters. The van der Waals surface area contributed by atoms with Crippen molar-refractivity contribution in [1.29, 1.82) is 0 Å². The maximum atomic E-state index is 12.3. The Morgan fingerprint density at radius 3 is 2.33 bits per heavy atom. The van der Waals surface area contributed by atoms with E-state index >= 15 is 0 Å². The number of fused-ring (bicyclic) bond motifs is 5. The minimum atomic E-state index is -0.651. The van der Waals surface area contributed by atoms with E-state index in [0.29, 0.717) is 42.4 Å². The summed E-state index contributed by atoms with van der Waals surface area (Å²) in [5, 5.41) is 0. The van der Waals surface area contributed by atoms with Gasteiger partial charge in [0.1, 0.15) is 11.7 Å². The van der Waals surface area contributed by atoms with Crippen molar-refractivity contribution in [3.63, 3.8) is 0 Å². The Balaban J connectivity index is 1.64. The first-order chi connectivity index (χ1) is 16.8. The fourth-order valence-electron chi connectivity index (χ4n) is 8.20. The summed E-state index contributed by atoms with van der Waals surface area (Å²) in [6.07, 6.45) is 16.1. The van der Waals surface area contributed by atoms with Crippen LogP contribution in [-0.2, 0) is 19.1 Å². The second-order valence-electron chi connectivity index (χ2n) is 13.2. The summed E-state index contributed by atoms with van der Waals surface area (Å²) < 4.78 is 11.8. The van der Waals surface area contributed by atoms with E-state index in [4.69, 9.17) is 9.47 Å². The number of allylic oxidation sites excluding steroid dienone is 4. The molecule has 4 heteroatoms. The highest BCUT2D eigenvalue weighted by molar-refractivity contribution is 5.68. The highest BCUT2D eigenvalue weighted by Gasteiger charge is 2.62. The Morgan fingerprint density at radius 2 is 1.69 bits per heavy atom. The van der Waals surface area contributed by atoms with Crippen molar-refractivity contribution in [1.82, 2.24) is 0 Å². The number of carbonyl (C=O) groups is 2. The third-order valence-electron chi connectivity index (χ3n) is 10.7. The lowest BCUT2D eigenvalue weighted by Crippen LogP contribution is -2.58. The molecule has 4 aliphatic rings. The molecule has 2 saturated carbocycles. The first-order valence-electron chi connectivity index (χ1n) is 14.3. The molecular weight excluding hydrogens is 448 g/mol. The number of hydrogen-bond acceptors (Lipinski definition) is 4. The zero-order chi connectivity index (χ0) is 26.5. The van der Waals surface area contributed by atoms with Crippen LogP contribution < -0.4 is 0 Å². The standard InChI is InChI=1S/C32H48O4/c1-20(2)21(3)9-10-22(4)27-11-12-28-26-14-18-32(36-24(6)34)19-25(35-23(5)33)13-17-31(32,8)29(26)15-16-30(27,28)7/h9-10,14-15,20-22,25,27-28H,11-13,16-19H2,1-8H3/b10-9+/t21-,22+,25+,27+,28-,30-,31+,32+/m0/s1. The van der Waals surface area contributed by atoms with Gasteiger partial charge in [0.2, 0.25) is 0 Å². The number of esters is 2. The quantitative estimate of drug-likeness (QED) is 0.281. The van der Waals surface area contributed by atoms with Gasteiger partial charge in [0.25, 0.3) is 0 Å². The highest BCUT2D eigenvalue weighted by atomic mass is 16.6. The van der Waals surface area contributed by atoms with Gasteiger partial charge in [0, 0.05) is 32.1 Å². The van der Waals surface area contributed by atoms with E-state index in [1.165, 1.54) is 37.8 Å². The summed E-state index contributed by atoms with van der Waals surface area (Å²) in [6.45, 7) is 17.1. The number of carbonyl (C=O) groups excluding carboxylic acids is 2. The minimum absolute atomic E-state index is 0.198. The third kappa shape index (κ3) is 4.52. The summed E-state index contributed by atoms with van der Waals surface area (Å²) in [5.41, 5.74) is 2.26. The molecule has 0 bridgehead atoms. The lowest BCUT2D eigenvalue weighted by Gasteiger charge is -2.58. The van der Waals surface area contributed by atoms with Crippen LogP contribution in [0.15, 0.2) is 35.5 Å². The molecule has 0 N–H and O–H groups in total. The molecule has 4 aliphatic carbocycles. The van der Waals surface area contributed by atoms with Crippen LogP contribution in [0.5, 0.6) is 0 Å². The average molecular weight is 497 g/mol. The van der Waals surface area contributed by atoms with E-state index in [-0.39, 0.29) is 28.9 Å². The molecule has 2 fully saturated rings. The monoisotopic (exact) mass is 496 g/mol. The second-order valence-corrected chi connectivity index (χ2v) is 13.2. The van der Waals surface area contributed by atoms with Crippen LogP contribution in [0.2, 0.25) is 0 Å². The van der Waals surface area contributed by atoms with Crippen LogP contribution in [0.3, 0.4) is 0 Å². The van der Waals surface area contributed by atoms with Gasteiger partial charge in [-0.25, -0.2) is 0 Å². The number of ether oxygens (including phenoxy) is 2. The first kappa shape index (κ1) is 27.2. The van der Waals surface area contributed by atoms with Crippen LogP contribution in [0.25, 0.3) is 0 Å². The van der Waals surface area contributed by atoms with Gasteiger partial charge in [0.05, 0.1) is 0 Å². The Hall–Kier alpha value is -1.84. The van der Waals surface area contributed by atoms with Crippen molar-refractivity contribution in [2.24, 2.45) is 40.4 Å². The SMILES string of the molecule is CC(=O)O[C@@H]1CC[C@]2(C)C3=CC[C@@]4(C)[C@@H]([C@H](C)/C=C/[C@H](C)C(C)C)CC[C@H]4C3=CC[C@@]2(OC(C)=O)C1. The van der Waals surface area contributed by atoms with Gasteiger partial charge in [-0.05, 0) is 78.3 Å². The summed E-state index contributed by atoms with van der Waals surface area (Å²) in [4.78, 5) is 24.0. The van der Waals surface area contributed by atoms with Crippen molar-refractivity contribution in [2.45, 2.75) is 112 Å². The second kappa shape index (κ2) is 9.80. The van der Waals surface area contributed by atoms with E-state index < -0.39 is 5.60 Å². The molecule has 0 aromatic rings. The van der Waals surface area contributed by atoms with Gasteiger partial charge in [-0.15, -0.1) is 0 Å². The molecule has 0 aliphatic heterocycles. The maximum Gasteiger partial charge on any atom is 0.303 e. The Kier molecular flexibility index (Phi) is 7.40. The molecule has 4 rings (SSSR count). The highest BCUT2D eigenvalue weighted by Crippen LogP contribution is 2.66. The van der Waals surface area contributed by atoms with Crippen LogP contribution >= 0.6 is 0 Å². The molecule has 4 nitrogen and oxygen atoms in total. The van der Waals surface area contributed by atoms with Crippen LogP contribution in [-0.4, -0.2) is 23.6 Å². The summed E-state index contributed by atoms with van der Waals surface area (Å²) in [5.74, 6) is 2.55. The molecule has 0 heterocycles. The smallest absolute Gasteiger partial charge is 0.303 e. The Morgan fingerprint density at radius 1 is 0.972 bits per heavy atom. The fourth-order valence-corrected chi connectivity index (χ4v) is 8.20. The van der Waals surface area contributed by atoms with E-state index in [1.54, 1.807) is 0 Å². The van der Waals surface area contributed by atoms with E-state index in [0.717, 1.165) is 19.3 Å². The normalized spacial score (nSPS) is 39.4. The van der Waals surface area contributed by atoms with Gasteiger partial charge < -0.3 is 9.47 Å². The molecule has 0 aromatic carbocycles. The fraction of sp³-hybridized carbons (Fsp3) is 0.750. The topological polar surface area (TPSA) is 52.6 Å². The van der Waals surface area contributed by atoms with Crippen molar-refractivity contribution in [2.75, 3.05) is 0 Å². The molecule has 200 valence electrons. The van der Waals surface area contributed by atoms with Crippen LogP contribution in [0.4, 0.5) is 0 Å². The first-order valence-corrected chi connectivity index (χ1v) is 14.3. The van der Waals surface area contributed by atoms with Crippen molar-refractivity contribution < 1.29 is 19.1 Å². The molecule has 0 unspecified atom stereocenters. The largest absolute Gasteiger partial charge is 0.462 e. The lowest BCUT2D eigenvalue weighted by molar-refractivity contribution is -0.190. The summed E-state index contributed by atoms with van der Waals surface area (Å²) in [6, 6.07) is 0. The van der Waals surface area contributed by atoms with Gasteiger partial charge in [-0.1, -0.05) is 65.8 Å². The molecule has 0 amide bonds. The van der Waals surface area contributed by atoms with Crippen molar-refractivity contribution in [3.05, 3.63) is 35.5 Å². The van der Waals surface area contributed by atoms with E-state index in [9.17, 15) is 9.59 Å². The van der Waals surface area contributed by atoms with Crippen LogP contribution in [0.1, 0.15) is 100 Å².